The van der Waals surface area contributed by atoms with Gasteiger partial charge in [-0.3, -0.25) is 0 Å². The molecule has 4 heteroatoms. The fourth-order valence-electron chi connectivity index (χ4n) is 3.12. The highest BCUT2D eigenvalue weighted by Crippen LogP contribution is 2.44. The Morgan fingerprint density at radius 3 is 2.55 bits per heavy atom. The highest BCUT2D eigenvalue weighted by atomic mass is 79.9. The highest BCUT2D eigenvalue weighted by Gasteiger charge is 2.45. The molecule has 3 rings (SSSR count). The van der Waals surface area contributed by atoms with Crippen molar-refractivity contribution in [3.05, 3.63) is 53.7 Å². The Hall–Kier alpha value is -1.13. The smallest absolute Gasteiger partial charge is 0.231 e. The summed E-state index contributed by atoms with van der Waals surface area (Å²) in [7, 11) is 0. The maximum absolute atomic E-state index is 11.4. The predicted octanol–water partition coefficient (Wildman–Crippen LogP) is 4.00. The molecule has 1 aromatic carbocycles. The van der Waals surface area contributed by atoms with E-state index in [4.69, 9.17) is 4.42 Å². The second-order valence-electron chi connectivity index (χ2n) is 5.38. The molecule has 1 aliphatic carbocycles. The fourth-order valence-corrected chi connectivity index (χ4v) is 3.37. The number of rotatable bonds is 4. The Balaban J connectivity index is 2.07. The maximum atomic E-state index is 11.4. The van der Waals surface area contributed by atoms with Crippen molar-refractivity contribution < 1.29 is 9.52 Å². The second-order valence-corrected chi connectivity index (χ2v) is 5.94. The number of hydrogen-bond donors (Lipinski definition) is 1. The van der Waals surface area contributed by atoms with Gasteiger partial charge in [0.25, 0.3) is 0 Å². The van der Waals surface area contributed by atoms with Crippen LogP contribution in [0.25, 0.3) is 0 Å². The van der Waals surface area contributed by atoms with Gasteiger partial charge in [-0.2, -0.15) is 0 Å². The van der Waals surface area contributed by atoms with Crippen LogP contribution in [0.15, 0.2) is 40.9 Å². The molecule has 1 aliphatic rings. The van der Waals surface area contributed by atoms with E-state index in [1.54, 1.807) is 6.20 Å². The Morgan fingerprint density at radius 1 is 1.25 bits per heavy atom. The first-order valence-electron chi connectivity index (χ1n) is 7.04. The van der Waals surface area contributed by atoms with Gasteiger partial charge >= 0.3 is 0 Å². The Kier molecular flexibility index (Phi) is 3.94. The topological polar surface area (TPSA) is 46.3 Å². The third-order valence-corrected chi connectivity index (χ3v) is 4.72. The minimum atomic E-state index is -1.11. The van der Waals surface area contributed by atoms with Gasteiger partial charge in [-0.15, -0.1) is 0 Å². The van der Waals surface area contributed by atoms with Gasteiger partial charge in [0.2, 0.25) is 5.89 Å². The molecular formula is C16H18BrNO2. The van der Waals surface area contributed by atoms with E-state index < -0.39 is 5.60 Å². The van der Waals surface area contributed by atoms with Crippen molar-refractivity contribution in [2.45, 2.75) is 36.6 Å². The number of aliphatic hydroxyl groups is 1. The number of hydrogen-bond acceptors (Lipinski definition) is 3. The lowest BCUT2D eigenvalue weighted by Crippen LogP contribution is -2.35. The quantitative estimate of drug-likeness (QED) is 0.859. The molecule has 0 bridgehead atoms. The van der Waals surface area contributed by atoms with Crippen LogP contribution < -0.4 is 0 Å². The number of aromatic nitrogens is 1. The lowest BCUT2D eigenvalue weighted by Gasteiger charge is -2.31. The van der Waals surface area contributed by atoms with E-state index in [9.17, 15) is 5.11 Å². The van der Waals surface area contributed by atoms with Gasteiger partial charge in [0.15, 0.2) is 5.60 Å². The van der Waals surface area contributed by atoms with Gasteiger partial charge in [-0.05, 0) is 18.4 Å². The minimum Gasteiger partial charge on any atom is -0.441 e. The predicted molar refractivity (Wildman–Crippen MR) is 80.5 cm³/mol. The molecule has 0 spiro atoms. The van der Waals surface area contributed by atoms with Crippen LogP contribution in [0.3, 0.4) is 0 Å². The number of nitrogens with zero attached hydrogens (tertiary/aromatic N) is 1. The molecule has 20 heavy (non-hydrogen) atoms. The van der Waals surface area contributed by atoms with Crippen LogP contribution in [0.4, 0.5) is 0 Å². The average Bonchev–Trinajstić information content (AvgIpc) is 3.19. The summed E-state index contributed by atoms with van der Waals surface area (Å²) < 4.78 is 5.76. The summed E-state index contributed by atoms with van der Waals surface area (Å²) in [5.74, 6) is 1.34. The number of halogens is 1. The lowest BCUT2D eigenvalue weighted by atomic mass is 9.80. The average molecular weight is 336 g/mol. The molecule has 0 amide bonds. The molecule has 0 radical (unpaired) electrons. The van der Waals surface area contributed by atoms with Crippen molar-refractivity contribution >= 4 is 15.9 Å². The van der Waals surface area contributed by atoms with Crippen LogP contribution in [-0.2, 0) is 10.9 Å². The van der Waals surface area contributed by atoms with Crippen molar-refractivity contribution in [3.8, 4) is 0 Å². The van der Waals surface area contributed by atoms with E-state index in [1.807, 2.05) is 30.3 Å². The molecule has 3 nitrogen and oxygen atoms in total. The Morgan fingerprint density at radius 2 is 1.95 bits per heavy atom. The van der Waals surface area contributed by atoms with Crippen LogP contribution in [0.2, 0.25) is 0 Å². The normalized spacial score (nSPS) is 19.1. The van der Waals surface area contributed by atoms with Crippen molar-refractivity contribution in [1.29, 1.82) is 0 Å². The molecule has 2 aromatic rings. The Bertz CT molecular complexity index is 563. The summed E-state index contributed by atoms with van der Waals surface area (Å²) in [6, 6.07) is 9.76. The van der Waals surface area contributed by atoms with Crippen molar-refractivity contribution in [2.24, 2.45) is 5.92 Å². The minimum absolute atomic E-state index is 0.173. The standard InChI is InChI=1S/C16H18BrNO2/c17-10-14-11-18-15(20-14)16(19,13-8-4-5-9-13)12-6-2-1-3-7-12/h1-3,6-7,11,13,19H,4-5,8-10H2. The van der Waals surface area contributed by atoms with Crippen molar-refractivity contribution in [2.75, 3.05) is 0 Å². The summed E-state index contributed by atoms with van der Waals surface area (Å²) in [5, 5.41) is 12.0. The third-order valence-electron chi connectivity index (χ3n) is 4.17. The first kappa shape index (κ1) is 13.8. The SMILES string of the molecule is OC(c1ccccc1)(c1ncc(CBr)o1)C1CCCC1. The van der Waals surface area contributed by atoms with Crippen LogP contribution >= 0.6 is 15.9 Å². The largest absolute Gasteiger partial charge is 0.441 e. The fraction of sp³-hybridized carbons (Fsp3) is 0.438. The molecule has 1 saturated carbocycles. The maximum Gasteiger partial charge on any atom is 0.231 e. The third kappa shape index (κ3) is 2.31. The van der Waals surface area contributed by atoms with E-state index in [1.165, 1.54) is 0 Å². The highest BCUT2D eigenvalue weighted by molar-refractivity contribution is 9.08. The van der Waals surface area contributed by atoms with Gasteiger partial charge in [-0.1, -0.05) is 59.1 Å². The van der Waals surface area contributed by atoms with Crippen LogP contribution in [0, 0.1) is 5.92 Å². The van der Waals surface area contributed by atoms with E-state index in [0.717, 1.165) is 37.0 Å². The van der Waals surface area contributed by atoms with Gasteiger partial charge in [0, 0.05) is 5.92 Å². The van der Waals surface area contributed by atoms with Gasteiger partial charge < -0.3 is 9.52 Å². The van der Waals surface area contributed by atoms with E-state index in [-0.39, 0.29) is 5.92 Å². The number of alkyl halides is 1. The molecule has 1 heterocycles. The zero-order chi connectivity index (χ0) is 14.0. The Labute approximate surface area is 127 Å². The second kappa shape index (κ2) is 5.70. The molecular weight excluding hydrogens is 318 g/mol. The van der Waals surface area contributed by atoms with Crippen molar-refractivity contribution in [1.82, 2.24) is 4.98 Å². The van der Waals surface area contributed by atoms with E-state index in [2.05, 4.69) is 20.9 Å². The summed E-state index contributed by atoms with van der Waals surface area (Å²) in [6.45, 7) is 0. The van der Waals surface area contributed by atoms with Crippen molar-refractivity contribution in [3.63, 3.8) is 0 Å². The summed E-state index contributed by atoms with van der Waals surface area (Å²) in [6.07, 6.45) is 6.03. The first-order valence-corrected chi connectivity index (χ1v) is 8.16. The summed E-state index contributed by atoms with van der Waals surface area (Å²) >= 11 is 3.36. The van der Waals surface area contributed by atoms with E-state index in [0.29, 0.717) is 11.2 Å². The molecule has 1 N–H and O–H groups in total. The molecule has 1 atom stereocenters. The summed E-state index contributed by atoms with van der Waals surface area (Å²) in [4.78, 5) is 4.33. The molecule has 1 aromatic heterocycles. The van der Waals surface area contributed by atoms with Gasteiger partial charge in [-0.25, -0.2) is 4.98 Å². The van der Waals surface area contributed by atoms with Gasteiger partial charge in [0.05, 0.1) is 11.5 Å². The lowest BCUT2D eigenvalue weighted by molar-refractivity contribution is -0.00658. The van der Waals surface area contributed by atoms with Crippen LogP contribution in [0.1, 0.15) is 42.9 Å². The molecule has 0 saturated heterocycles. The molecule has 1 unspecified atom stereocenters. The van der Waals surface area contributed by atoms with Gasteiger partial charge in [0.1, 0.15) is 5.76 Å². The number of benzene rings is 1. The molecule has 0 aliphatic heterocycles. The number of oxazole rings is 1. The first-order chi connectivity index (χ1) is 9.75. The molecule has 1 fully saturated rings. The van der Waals surface area contributed by atoms with Crippen LogP contribution in [0.5, 0.6) is 0 Å². The molecule has 106 valence electrons. The monoisotopic (exact) mass is 335 g/mol. The zero-order valence-corrected chi connectivity index (χ0v) is 12.8. The summed E-state index contributed by atoms with van der Waals surface area (Å²) in [5.41, 5.74) is -0.243. The zero-order valence-electron chi connectivity index (χ0n) is 11.3. The van der Waals surface area contributed by atoms with E-state index >= 15 is 0 Å². The van der Waals surface area contributed by atoms with Crippen LogP contribution in [-0.4, -0.2) is 10.1 Å².